The van der Waals surface area contributed by atoms with Gasteiger partial charge in [-0.05, 0) is 49.2 Å². The van der Waals surface area contributed by atoms with Crippen LogP contribution >= 0.6 is 11.6 Å². The fraction of sp³-hybridized carbons (Fsp3) is 0.143. The van der Waals surface area contributed by atoms with E-state index in [9.17, 15) is 8.78 Å². The number of benzene rings is 2. The van der Waals surface area contributed by atoms with E-state index in [1.165, 1.54) is 6.07 Å². The van der Waals surface area contributed by atoms with E-state index >= 15 is 0 Å². The fourth-order valence-electron chi connectivity index (χ4n) is 1.81. The number of anilines is 1. The van der Waals surface area contributed by atoms with Gasteiger partial charge in [0.25, 0.3) is 0 Å². The molecule has 0 spiro atoms. The molecule has 2 N–H and O–H groups in total. The van der Waals surface area contributed by atoms with E-state index < -0.39 is 11.6 Å². The molecule has 0 saturated heterocycles. The first-order valence-corrected chi connectivity index (χ1v) is 5.96. The first kappa shape index (κ1) is 13.6. The maximum absolute atomic E-state index is 13.7. The highest BCUT2D eigenvalue weighted by Gasteiger charge is 2.16. The second kappa shape index (κ2) is 5.05. The minimum Gasteiger partial charge on any atom is -0.451 e. The summed E-state index contributed by atoms with van der Waals surface area (Å²) in [4.78, 5) is 0. The van der Waals surface area contributed by atoms with Gasteiger partial charge in [0.15, 0.2) is 11.6 Å². The van der Waals surface area contributed by atoms with Crippen molar-refractivity contribution in [2.75, 3.05) is 5.73 Å². The molecule has 0 aliphatic rings. The van der Waals surface area contributed by atoms with E-state index in [2.05, 4.69) is 0 Å². The van der Waals surface area contributed by atoms with Crippen molar-refractivity contribution in [3.63, 3.8) is 0 Å². The number of hydrogen-bond acceptors (Lipinski definition) is 2. The maximum Gasteiger partial charge on any atom is 0.203 e. The molecule has 0 heterocycles. The third kappa shape index (κ3) is 2.63. The molecule has 0 fully saturated rings. The van der Waals surface area contributed by atoms with E-state index in [-0.39, 0.29) is 11.4 Å². The lowest BCUT2D eigenvalue weighted by Gasteiger charge is -2.14. The Balaban J connectivity index is 2.51. The molecule has 19 heavy (non-hydrogen) atoms. The molecule has 0 atom stereocenters. The summed E-state index contributed by atoms with van der Waals surface area (Å²) in [6, 6.07) is 5.57. The molecule has 0 bridgehead atoms. The number of halogens is 3. The monoisotopic (exact) mass is 283 g/mol. The van der Waals surface area contributed by atoms with Crippen LogP contribution in [0.15, 0.2) is 24.3 Å². The van der Waals surface area contributed by atoms with Crippen LogP contribution < -0.4 is 10.5 Å². The van der Waals surface area contributed by atoms with Gasteiger partial charge in [-0.2, -0.15) is 4.39 Å². The van der Waals surface area contributed by atoms with Crippen LogP contribution in [0.3, 0.4) is 0 Å². The standard InChI is InChI=1S/C14H12ClF2NO/c1-7-5-9(15)6-8(2)13(7)19-14-11(18)4-3-10(16)12(14)17/h3-6H,18H2,1-2H3. The van der Waals surface area contributed by atoms with Crippen LogP contribution in [0.5, 0.6) is 11.5 Å². The zero-order valence-electron chi connectivity index (χ0n) is 10.4. The molecular weight excluding hydrogens is 272 g/mol. The smallest absolute Gasteiger partial charge is 0.203 e. The number of nitrogen functional groups attached to an aromatic ring is 1. The maximum atomic E-state index is 13.7. The van der Waals surface area contributed by atoms with Gasteiger partial charge in [0.2, 0.25) is 5.82 Å². The summed E-state index contributed by atoms with van der Waals surface area (Å²) in [5.74, 6) is -2.00. The quantitative estimate of drug-likeness (QED) is 0.817. The second-order valence-corrected chi connectivity index (χ2v) is 4.69. The number of nitrogens with two attached hydrogens (primary N) is 1. The SMILES string of the molecule is Cc1cc(Cl)cc(C)c1Oc1c(N)ccc(F)c1F. The second-order valence-electron chi connectivity index (χ2n) is 4.25. The van der Waals surface area contributed by atoms with Crippen molar-refractivity contribution in [1.82, 2.24) is 0 Å². The number of rotatable bonds is 2. The Morgan fingerprint density at radius 1 is 1.05 bits per heavy atom. The topological polar surface area (TPSA) is 35.2 Å². The highest BCUT2D eigenvalue weighted by atomic mass is 35.5. The molecule has 2 nitrogen and oxygen atoms in total. The summed E-state index contributed by atoms with van der Waals surface area (Å²) < 4.78 is 32.3. The van der Waals surface area contributed by atoms with Crippen molar-refractivity contribution in [1.29, 1.82) is 0 Å². The van der Waals surface area contributed by atoms with Gasteiger partial charge < -0.3 is 10.5 Å². The summed E-state index contributed by atoms with van der Waals surface area (Å²) in [7, 11) is 0. The summed E-state index contributed by atoms with van der Waals surface area (Å²) in [6.45, 7) is 3.53. The average molecular weight is 284 g/mol. The van der Waals surface area contributed by atoms with Gasteiger partial charge >= 0.3 is 0 Å². The Morgan fingerprint density at radius 2 is 1.63 bits per heavy atom. The summed E-state index contributed by atoms with van der Waals surface area (Å²) in [5, 5.41) is 0.551. The lowest BCUT2D eigenvalue weighted by atomic mass is 10.1. The number of ether oxygens (including phenoxy) is 1. The van der Waals surface area contributed by atoms with E-state index in [0.717, 1.165) is 6.07 Å². The van der Waals surface area contributed by atoms with Gasteiger partial charge in [-0.3, -0.25) is 0 Å². The molecule has 0 saturated carbocycles. The summed E-state index contributed by atoms with van der Waals surface area (Å²) in [6.07, 6.45) is 0. The van der Waals surface area contributed by atoms with Crippen LogP contribution in [0.1, 0.15) is 11.1 Å². The van der Waals surface area contributed by atoms with Crippen LogP contribution in [-0.2, 0) is 0 Å². The van der Waals surface area contributed by atoms with Gasteiger partial charge in [0.1, 0.15) is 5.75 Å². The molecule has 0 aliphatic heterocycles. The van der Waals surface area contributed by atoms with Gasteiger partial charge in [-0.15, -0.1) is 0 Å². The highest BCUT2D eigenvalue weighted by molar-refractivity contribution is 6.30. The van der Waals surface area contributed by atoms with Crippen LogP contribution in [0.25, 0.3) is 0 Å². The molecule has 0 aromatic heterocycles. The fourth-order valence-corrected chi connectivity index (χ4v) is 2.14. The molecule has 2 aromatic carbocycles. The van der Waals surface area contributed by atoms with E-state index in [1.54, 1.807) is 26.0 Å². The molecule has 2 aromatic rings. The molecule has 0 unspecified atom stereocenters. The first-order valence-electron chi connectivity index (χ1n) is 5.58. The number of aryl methyl sites for hydroxylation is 2. The normalized spacial score (nSPS) is 10.6. The van der Waals surface area contributed by atoms with E-state index in [0.29, 0.717) is 21.9 Å². The van der Waals surface area contributed by atoms with E-state index in [4.69, 9.17) is 22.1 Å². The van der Waals surface area contributed by atoms with Crippen LogP contribution in [0.2, 0.25) is 5.02 Å². The van der Waals surface area contributed by atoms with Crippen molar-refractivity contribution in [2.24, 2.45) is 0 Å². The summed E-state index contributed by atoms with van der Waals surface area (Å²) >= 11 is 5.90. The largest absolute Gasteiger partial charge is 0.451 e. The Kier molecular flexibility index (Phi) is 3.62. The molecule has 2 rings (SSSR count). The lowest BCUT2D eigenvalue weighted by Crippen LogP contribution is -2.00. The lowest BCUT2D eigenvalue weighted by molar-refractivity contribution is 0.414. The Labute approximate surface area is 114 Å². The summed E-state index contributed by atoms with van der Waals surface area (Å²) in [5.41, 5.74) is 7.08. The Morgan fingerprint density at radius 3 is 2.21 bits per heavy atom. The Hall–Kier alpha value is -1.81. The zero-order valence-corrected chi connectivity index (χ0v) is 11.2. The minimum atomic E-state index is -1.10. The van der Waals surface area contributed by atoms with Gasteiger partial charge in [0.05, 0.1) is 5.69 Å². The van der Waals surface area contributed by atoms with Gasteiger partial charge in [-0.25, -0.2) is 4.39 Å². The average Bonchev–Trinajstić information content (AvgIpc) is 2.32. The van der Waals surface area contributed by atoms with Crippen molar-refractivity contribution in [3.05, 3.63) is 52.0 Å². The third-order valence-electron chi connectivity index (χ3n) is 2.71. The van der Waals surface area contributed by atoms with Crippen molar-refractivity contribution >= 4 is 17.3 Å². The molecule has 5 heteroatoms. The molecule has 0 aliphatic carbocycles. The van der Waals surface area contributed by atoms with E-state index in [1.807, 2.05) is 0 Å². The zero-order chi connectivity index (χ0) is 14.2. The van der Waals surface area contributed by atoms with Crippen LogP contribution in [0, 0.1) is 25.5 Å². The predicted octanol–water partition coefficient (Wildman–Crippen LogP) is 4.61. The first-order chi connectivity index (χ1) is 8.90. The molecule has 0 amide bonds. The molecular formula is C14H12ClF2NO. The highest BCUT2D eigenvalue weighted by Crippen LogP contribution is 2.36. The molecule has 0 radical (unpaired) electrons. The van der Waals surface area contributed by atoms with Crippen molar-refractivity contribution in [3.8, 4) is 11.5 Å². The van der Waals surface area contributed by atoms with Gasteiger partial charge in [-0.1, -0.05) is 11.6 Å². The van der Waals surface area contributed by atoms with Crippen LogP contribution in [0.4, 0.5) is 14.5 Å². The minimum absolute atomic E-state index is 0.0349. The van der Waals surface area contributed by atoms with Crippen molar-refractivity contribution in [2.45, 2.75) is 13.8 Å². The van der Waals surface area contributed by atoms with Gasteiger partial charge in [0, 0.05) is 5.02 Å². The number of hydrogen-bond donors (Lipinski definition) is 1. The Bertz CT molecular complexity index is 621. The van der Waals surface area contributed by atoms with Crippen molar-refractivity contribution < 1.29 is 13.5 Å². The molecule has 100 valence electrons. The van der Waals surface area contributed by atoms with Crippen LogP contribution in [-0.4, -0.2) is 0 Å². The predicted molar refractivity (Wildman–Crippen MR) is 71.8 cm³/mol. The third-order valence-corrected chi connectivity index (χ3v) is 2.93.